The van der Waals surface area contributed by atoms with Crippen molar-refractivity contribution in [3.63, 3.8) is 0 Å². The third-order valence-corrected chi connectivity index (χ3v) is 9.50. The highest BCUT2D eigenvalue weighted by atomic mass is 16.2. The van der Waals surface area contributed by atoms with E-state index in [0.29, 0.717) is 31.3 Å². The molecule has 0 radical (unpaired) electrons. The van der Waals surface area contributed by atoms with Crippen molar-refractivity contribution in [2.24, 2.45) is 17.8 Å². The van der Waals surface area contributed by atoms with Crippen LogP contribution >= 0.6 is 0 Å². The predicted octanol–water partition coefficient (Wildman–Crippen LogP) is 4.67. The minimum atomic E-state index is -0.403. The number of amides is 2. The molecule has 1 aromatic rings. The fourth-order valence-corrected chi connectivity index (χ4v) is 7.41. The maximum absolute atomic E-state index is 14.4. The van der Waals surface area contributed by atoms with Crippen LogP contribution < -0.4 is 5.32 Å². The van der Waals surface area contributed by atoms with Crippen molar-refractivity contribution in [2.45, 2.75) is 83.1 Å². The quantitative estimate of drug-likeness (QED) is 0.688. The minimum Gasteiger partial charge on any atom is -0.341 e. The smallest absolute Gasteiger partial charge is 0.233 e. The van der Waals surface area contributed by atoms with Gasteiger partial charge in [0, 0.05) is 26.1 Å². The number of piperidine rings is 2. The van der Waals surface area contributed by atoms with Gasteiger partial charge < -0.3 is 15.1 Å². The summed E-state index contributed by atoms with van der Waals surface area (Å²) >= 11 is 0. The molecule has 1 aliphatic carbocycles. The Labute approximate surface area is 205 Å². The van der Waals surface area contributed by atoms with Crippen LogP contribution in [0.25, 0.3) is 0 Å². The summed E-state index contributed by atoms with van der Waals surface area (Å²) < 4.78 is 0. The normalized spacial score (nSPS) is 29.6. The van der Waals surface area contributed by atoms with Crippen molar-refractivity contribution < 1.29 is 9.59 Å². The van der Waals surface area contributed by atoms with Crippen molar-refractivity contribution >= 4 is 11.8 Å². The predicted molar refractivity (Wildman–Crippen MR) is 135 cm³/mol. The molecule has 1 unspecified atom stereocenters. The Morgan fingerprint density at radius 2 is 1.74 bits per heavy atom. The summed E-state index contributed by atoms with van der Waals surface area (Å²) in [5.74, 6) is 2.65. The van der Waals surface area contributed by atoms with Crippen molar-refractivity contribution in [1.29, 1.82) is 0 Å². The molecule has 1 saturated carbocycles. The molecule has 34 heavy (non-hydrogen) atoms. The Morgan fingerprint density at radius 1 is 1.00 bits per heavy atom. The van der Waals surface area contributed by atoms with E-state index in [1.54, 1.807) is 0 Å². The summed E-state index contributed by atoms with van der Waals surface area (Å²) in [5.41, 5.74) is 2.28. The lowest BCUT2D eigenvalue weighted by atomic mass is 9.64. The van der Waals surface area contributed by atoms with Crippen molar-refractivity contribution in [3.8, 4) is 0 Å². The second-order valence-corrected chi connectivity index (χ2v) is 11.6. The fraction of sp³-hybridized carbons (Fsp3) is 0.724. The molecule has 4 aliphatic rings. The number of fused-ring (bicyclic) bond motifs is 2. The molecule has 186 valence electrons. The summed E-state index contributed by atoms with van der Waals surface area (Å²) in [7, 11) is 0. The molecule has 1 aromatic carbocycles. The van der Waals surface area contributed by atoms with E-state index in [1.165, 1.54) is 36.8 Å². The van der Waals surface area contributed by atoms with Gasteiger partial charge in [-0.15, -0.1) is 0 Å². The molecule has 0 aromatic heterocycles. The minimum absolute atomic E-state index is 0.150. The van der Waals surface area contributed by atoms with Gasteiger partial charge in [0.25, 0.3) is 0 Å². The van der Waals surface area contributed by atoms with Crippen LogP contribution in [0.1, 0.15) is 88.8 Å². The molecular formula is C29H43N3O2. The van der Waals surface area contributed by atoms with Gasteiger partial charge in [-0.2, -0.15) is 0 Å². The average molecular weight is 466 g/mol. The molecule has 5 nitrogen and oxygen atoms in total. The zero-order valence-corrected chi connectivity index (χ0v) is 21.2. The Balaban J connectivity index is 1.48. The number of likely N-dealkylation sites (tertiary alicyclic amines) is 1. The van der Waals surface area contributed by atoms with Gasteiger partial charge in [-0.05, 0) is 93.3 Å². The van der Waals surface area contributed by atoms with Gasteiger partial charge in [-0.3, -0.25) is 9.59 Å². The monoisotopic (exact) mass is 465 g/mol. The van der Waals surface area contributed by atoms with Gasteiger partial charge in [-0.1, -0.05) is 38.1 Å². The van der Waals surface area contributed by atoms with E-state index in [2.05, 4.69) is 48.3 Å². The second kappa shape index (κ2) is 10.0. The van der Waals surface area contributed by atoms with Gasteiger partial charge >= 0.3 is 0 Å². The zero-order chi connectivity index (χ0) is 23.7. The van der Waals surface area contributed by atoms with E-state index in [9.17, 15) is 9.59 Å². The van der Waals surface area contributed by atoms with E-state index in [0.717, 1.165) is 57.2 Å². The Hall–Kier alpha value is -1.88. The van der Waals surface area contributed by atoms with E-state index < -0.39 is 5.41 Å². The molecule has 1 atom stereocenters. The summed E-state index contributed by atoms with van der Waals surface area (Å²) in [6.07, 6.45) is 9.42. The van der Waals surface area contributed by atoms with Crippen LogP contribution in [0.5, 0.6) is 0 Å². The van der Waals surface area contributed by atoms with Crippen molar-refractivity contribution in [3.05, 3.63) is 35.4 Å². The number of hydrogen-bond acceptors (Lipinski definition) is 3. The van der Waals surface area contributed by atoms with Crippen LogP contribution in [0.2, 0.25) is 0 Å². The molecule has 1 spiro atoms. The number of nitrogens with zero attached hydrogens (tertiary/aromatic N) is 2. The number of carbonyl (C=O) groups excluding carboxylic acids is 2. The third kappa shape index (κ3) is 4.29. The van der Waals surface area contributed by atoms with E-state index in [1.807, 2.05) is 4.90 Å². The summed E-state index contributed by atoms with van der Waals surface area (Å²) in [6.45, 7) is 8.68. The molecule has 3 heterocycles. The lowest BCUT2D eigenvalue weighted by Crippen LogP contribution is -2.59. The van der Waals surface area contributed by atoms with Crippen LogP contribution in [0, 0.1) is 17.8 Å². The first kappa shape index (κ1) is 23.8. The maximum Gasteiger partial charge on any atom is 0.233 e. The summed E-state index contributed by atoms with van der Waals surface area (Å²) in [5, 5.41) is 3.48. The third-order valence-electron chi connectivity index (χ3n) is 9.50. The molecule has 3 fully saturated rings. The topological polar surface area (TPSA) is 52.7 Å². The molecule has 2 saturated heterocycles. The number of nitrogens with one attached hydrogen (secondary N) is 1. The van der Waals surface area contributed by atoms with Crippen molar-refractivity contribution in [2.75, 3.05) is 32.7 Å². The van der Waals surface area contributed by atoms with Crippen LogP contribution in [0.3, 0.4) is 0 Å². The van der Waals surface area contributed by atoms with Crippen molar-refractivity contribution in [1.82, 2.24) is 15.1 Å². The summed E-state index contributed by atoms with van der Waals surface area (Å²) in [4.78, 5) is 31.2. The Kier molecular flexibility index (Phi) is 7.02. The van der Waals surface area contributed by atoms with Gasteiger partial charge in [0.15, 0.2) is 0 Å². The standard InChI is InChI=1S/C29H43N3O2/c1-21(2)22-10-12-23(13-11-22)27-24-7-3-4-8-25(24)29(14-16-30-17-15-29)28(34)32(27)20-19-31-18-6-5-9-26(31)33/h3-4,7-8,21-23,27,30H,5-6,9-20H2,1-2H3. The molecular weight excluding hydrogens is 422 g/mol. The maximum atomic E-state index is 14.4. The molecule has 5 rings (SSSR count). The fourth-order valence-electron chi connectivity index (χ4n) is 7.41. The second-order valence-electron chi connectivity index (χ2n) is 11.6. The van der Waals surface area contributed by atoms with E-state index >= 15 is 0 Å². The first-order chi connectivity index (χ1) is 16.5. The van der Waals surface area contributed by atoms with E-state index in [4.69, 9.17) is 0 Å². The lowest BCUT2D eigenvalue weighted by molar-refractivity contribution is -0.147. The van der Waals surface area contributed by atoms with Crippen LogP contribution in [0.15, 0.2) is 24.3 Å². The van der Waals surface area contributed by atoms with Gasteiger partial charge in [-0.25, -0.2) is 0 Å². The number of rotatable bonds is 5. The molecule has 1 N–H and O–H groups in total. The highest BCUT2D eigenvalue weighted by molar-refractivity contribution is 5.91. The zero-order valence-electron chi connectivity index (χ0n) is 21.2. The van der Waals surface area contributed by atoms with Crippen LogP contribution in [-0.2, 0) is 15.0 Å². The number of hydrogen-bond donors (Lipinski definition) is 1. The van der Waals surface area contributed by atoms with Gasteiger partial charge in [0.1, 0.15) is 0 Å². The van der Waals surface area contributed by atoms with Crippen LogP contribution in [-0.4, -0.2) is 54.3 Å². The molecule has 5 heteroatoms. The molecule has 3 aliphatic heterocycles. The molecule has 2 amide bonds. The first-order valence-electron chi connectivity index (χ1n) is 13.9. The van der Waals surface area contributed by atoms with Gasteiger partial charge in [0.05, 0.1) is 11.5 Å². The largest absolute Gasteiger partial charge is 0.341 e. The Bertz CT molecular complexity index is 883. The van der Waals surface area contributed by atoms with E-state index in [-0.39, 0.29) is 11.9 Å². The number of benzene rings is 1. The lowest BCUT2D eigenvalue weighted by Gasteiger charge is -2.52. The Morgan fingerprint density at radius 3 is 2.44 bits per heavy atom. The van der Waals surface area contributed by atoms with Crippen LogP contribution in [0.4, 0.5) is 0 Å². The SMILES string of the molecule is CC(C)C1CCC(C2c3ccccc3C3(CCNCC3)C(=O)N2CCN2CCCCC2=O)CC1. The molecule has 0 bridgehead atoms. The highest BCUT2D eigenvalue weighted by Gasteiger charge is 2.52. The first-order valence-corrected chi connectivity index (χ1v) is 13.9. The number of carbonyl (C=O) groups is 2. The average Bonchev–Trinajstić information content (AvgIpc) is 2.87. The van der Waals surface area contributed by atoms with Gasteiger partial charge in [0.2, 0.25) is 11.8 Å². The highest BCUT2D eigenvalue weighted by Crippen LogP contribution is 2.51. The summed E-state index contributed by atoms with van der Waals surface area (Å²) in [6, 6.07) is 9.01.